The van der Waals surface area contributed by atoms with Crippen LogP contribution in [0.25, 0.3) is 134 Å². The van der Waals surface area contributed by atoms with E-state index in [0.717, 1.165) is 200 Å². The number of benzene rings is 3. The van der Waals surface area contributed by atoms with Crippen molar-refractivity contribution in [1.82, 2.24) is 105 Å². The van der Waals surface area contributed by atoms with E-state index in [-0.39, 0.29) is 36.3 Å². The van der Waals surface area contributed by atoms with Crippen LogP contribution in [-0.4, -0.2) is 224 Å². The third-order valence-corrected chi connectivity index (χ3v) is 22.9. The third-order valence-electron chi connectivity index (χ3n) is 22.9. The van der Waals surface area contributed by atoms with E-state index in [2.05, 4.69) is 140 Å². The largest absolute Gasteiger partial charge is 0.478 e. The van der Waals surface area contributed by atoms with Crippen molar-refractivity contribution < 1.29 is 38.5 Å². The predicted octanol–water partition coefficient (Wildman–Crippen LogP) is 13.1. The lowest BCUT2D eigenvalue weighted by molar-refractivity contribution is 0.0697. The number of hydrogen-bond donors (Lipinski definition) is 6. The van der Waals surface area contributed by atoms with Gasteiger partial charge >= 0.3 is 5.97 Å². The highest BCUT2D eigenvalue weighted by molar-refractivity contribution is 6.01. The summed E-state index contributed by atoms with van der Waals surface area (Å²) in [4.78, 5) is 72.8. The van der Waals surface area contributed by atoms with Gasteiger partial charge in [-0.25, -0.2) is 54.0 Å². The maximum atomic E-state index is 11.8. The van der Waals surface area contributed by atoms with Crippen LogP contribution in [0.15, 0.2) is 139 Å². The van der Waals surface area contributed by atoms with Gasteiger partial charge < -0.3 is 73.2 Å². The minimum atomic E-state index is -0.997. The first-order valence-corrected chi connectivity index (χ1v) is 40.9. The molecule has 0 spiro atoms. The SMILES string of the molecule is Cc1cc(-c2nc(-c3c(C)nnn3C)cc(N3CCOC[C@H]3C)n2)c2cc[nH]c2c1.Cc1cnn(C)c1-c1cc(N2CCOC[C@H]2C)nc(-c2cc(C(=O)O)cc3[nH]ccc23)n1.Cc1nnn(C)c1-c1cc(-c2ccnc3[nH]ccc23)nc(N2CCOC[C@H]2C)c1.Cc1noc(C)c1-c1cc(N2CCOC[C@H]2C)nc(-c2cc(CO)cc3[nH]ccc23)n1. The second-order valence-electron chi connectivity index (χ2n) is 31.5. The summed E-state index contributed by atoms with van der Waals surface area (Å²) in [7, 11) is 5.70. The van der Waals surface area contributed by atoms with Crippen LogP contribution in [0, 0.1) is 41.5 Å². The Morgan fingerprint density at radius 3 is 1.43 bits per heavy atom. The van der Waals surface area contributed by atoms with Crippen LogP contribution < -0.4 is 19.6 Å². The molecule has 13 aromatic heterocycles. The molecule has 16 aromatic rings. The molecular weight excluding hydrogens is 1550 g/mol. The first-order chi connectivity index (χ1) is 59.1. The minimum absolute atomic E-state index is 0.0567. The Morgan fingerprint density at radius 2 is 0.943 bits per heavy atom. The number of pyridine rings is 2. The predicted molar refractivity (Wildman–Crippen MR) is 467 cm³/mol. The van der Waals surface area contributed by atoms with E-state index in [1.807, 2.05) is 146 Å². The molecule has 0 unspecified atom stereocenters. The number of aryl methyl sites for hydroxylation is 9. The number of aliphatic hydroxyl groups excluding tert-OH is 1. The standard InChI is InChI=1S/C23H24N6O3.C23H25N5O3.C22H25N7O.C21H23N7O/c1-13-11-25-28(3)21(13)19-10-20(29-6-7-32-12-14(29)2)27-22(26-19)17-8-15(23(30)31)9-18-16(17)4-5-24-18;1-13-12-30-7-6-28(13)21-10-20(22-14(2)27-31-15(22)3)25-23(26-21)18-8-16(11-29)9-19-17(18)4-5-24-19;1-13-9-17(16-5-6-23-18(16)10-13)22-24-19(21-15(3)26-27-28(21)4)11-20(25-22)29-7-8-30-12-14(29)2;1-13-12-29-9-8-28(13)19-11-15(20-14(2)25-26-27(20)3)10-18(24-19)16-4-6-22-21-17(16)5-7-23-21/h4-5,8-11,14,24H,6-7,12H2,1-3H3,(H,30,31);4-5,8-10,13,24,29H,6-7,11-12H2,1-3H3;5-6,9-11,14,23H,7-8,12H2,1-4H3;4-7,10-11,13H,8-9,12H2,1-3H3,(H,22,23)/t14-;13-;14-;13-/m1111/s1. The number of carbonyl (C=O) groups is 1. The third kappa shape index (κ3) is 16.2. The van der Waals surface area contributed by atoms with Gasteiger partial charge in [0.1, 0.15) is 40.4 Å². The lowest BCUT2D eigenvalue weighted by atomic mass is 10.0. The van der Waals surface area contributed by atoms with Gasteiger partial charge in [0.2, 0.25) is 0 Å². The summed E-state index contributed by atoms with van der Waals surface area (Å²) in [6.07, 6.45) is 11.2. The quantitative estimate of drug-likeness (QED) is 0.0589. The van der Waals surface area contributed by atoms with Gasteiger partial charge in [-0.3, -0.25) is 4.68 Å². The van der Waals surface area contributed by atoms with Gasteiger partial charge in [0.25, 0.3) is 0 Å². The molecule has 0 saturated carbocycles. The Morgan fingerprint density at radius 1 is 0.467 bits per heavy atom. The Labute approximate surface area is 702 Å². The van der Waals surface area contributed by atoms with Crippen molar-refractivity contribution in [2.45, 2.75) is 100 Å². The molecular formula is C89H97N25O8. The smallest absolute Gasteiger partial charge is 0.335 e. The Hall–Kier alpha value is -13.5. The average Bonchev–Trinajstić information content (AvgIpc) is 1.51. The molecule has 4 fully saturated rings. The molecule has 4 atom stereocenters. The zero-order valence-electron chi connectivity index (χ0n) is 70.4. The number of aromatic carboxylic acids is 1. The number of hydrogen-bond acceptors (Lipinski definition) is 25. The van der Waals surface area contributed by atoms with Crippen molar-refractivity contribution in [3.63, 3.8) is 0 Å². The zero-order chi connectivity index (χ0) is 84.7. The van der Waals surface area contributed by atoms with E-state index in [0.29, 0.717) is 75.9 Å². The summed E-state index contributed by atoms with van der Waals surface area (Å²) in [5.74, 6) is 4.97. The number of carboxylic acid groups (broad SMARTS) is 1. The molecule has 17 heterocycles. The Kier molecular flexibility index (Phi) is 22.8. The van der Waals surface area contributed by atoms with Gasteiger partial charge in [0.15, 0.2) is 17.5 Å². The summed E-state index contributed by atoms with van der Waals surface area (Å²) >= 11 is 0. The van der Waals surface area contributed by atoms with E-state index < -0.39 is 5.97 Å². The highest BCUT2D eigenvalue weighted by Gasteiger charge is 2.31. The van der Waals surface area contributed by atoms with Crippen LogP contribution >= 0.6 is 0 Å². The molecule has 0 aliphatic carbocycles. The average molecular weight is 1640 g/mol. The van der Waals surface area contributed by atoms with Gasteiger partial charge in [0, 0.05) is 162 Å². The van der Waals surface area contributed by atoms with E-state index in [4.69, 9.17) is 58.4 Å². The van der Waals surface area contributed by atoms with E-state index in [9.17, 15) is 15.0 Å². The van der Waals surface area contributed by atoms with E-state index >= 15 is 0 Å². The number of nitrogens with zero attached hydrogens (tertiary/aromatic N) is 21. The Bertz CT molecular complexity index is 6450. The maximum absolute atomic E-state index is 11.8. The van der Waals surface area contributed by atoms with Gasteiger partial charge in [0.05, 0.1) is 152 Å². The van der Waals surface area contributed by atoms with Crippen LogP contribution in [0.4, 0.5) is 23.3 Å². The van der Waals surface area contributed by atoms with Crippen LogP contribution in [0.1, 0.15) is 77.6 Å². The number of fused-ring (bicyclic) bond motifs is 4. The lowest BCUT2D eigenvalue weighted by Crippen LogP contribution is -2.44. The summed E-state index contributed by atoms with van der Waals surface area (Å²) < 4.78 is 33.3. The maximum Gasteiger partial charge on any atom is 0.335 e. The fourth-order valence-electron chi connectivity index (χ4n) is 16.8. The molecule has 0 amide bonds. The lowest BCUT2D eigenvalue weighted by Gasteiger charge is -2.34. The number of anilines is 4. The first kappa shape index (κ1) is 80.9. The van der Waals surface area contributed by atoms with Crippen LogP contribution in [0.3, 0.4) is 0 Å². The molecule has 33 nitrogen and oxygen atoms in total. The molecule has 4 saturated heterocycles. The Balaban J connectivity index is 0.000000116. The molecule has 4 aliphatic heterocycles. The molecule has 0 bridgehead atoms. The van der Waals surface area contributed by atoms with E-state index in [1.165, 1.54) is 0 Å². The van der Waals surface area contributed by atoms with Crippen molar-refractivity contribution in [3.05, 3.63) is 179 Å². The summed E-state index contributed by atoms with van der Waals surface area (Å²) in [5, 5.41) is 48.8. The molecule has 33 heteroatoms. The van der Waals surface area contributed by atoms with Crippen molar-refractivity contribution in [2.24, 2.45) is 21.1 Å². The first-order valence-electron chi connectivity index (χ1n) is 40.9. The summed E-state index contributed by atoms with van der Waals surface area (Å²) in [6, 6.07) is 32.6. The number of aromatic nitrogens is 21. The number of ether oxygens (including phenoxy) is 4. The van der Waals surface area contributed by atoms with Crippen LogP contribution in [0.2, 0.25) is 0 Å². The number of aromatic amines is 4. The number of morpholine rings is 4. The van der Waals surface area contributed by atoms with Crippen molar-refractivity contribution in [3.8, 4) is 90.7 Å². The summed E-state index contributed by atoms with van der Waals surface area (Å²) in [6.45, 7) is 28.8. The van der Waals surface area contributed by atoms with Crippen molar-refractivity contribution >= 4 is 73.0 Å². The second kappa shape index (κ2) is 34.3. The zero-order valence-corrected chi connectivity index (χ0v) is 70.4. The molecule has 626 valence electrons. The van der Waals surface area contributed by atoms with Gasteiger partial charge in [-0.1, -0.05) is 15.6 Å². The second-order valence-corrected chi connectivity index (χ2v) is 31.5. The molecule has 3 aromatic carbocycles. The van der Waals surface area contributed by atoms with Gasteiger partial charge in [-0.2, -0.15) is 5.10 Å². The highest BCUT2D eigenvalue weighted by Crippen LogP contribution is 2.40. The number of carboxylic acids is 1. The molecule has 4 aliphatic rings. The number of aliphatic hydroxyl groups is 1. The molecule has 6 N–H and O–H groups in total. The number of H-pyrrole nitrogens is 4. The summed E-state index contributed by atoms with van der Waals surface area (Å²) in [5.41, 5.74) is 20.9. The highest BCUT2D eigenvalue weighted by atomic mass is 16.5. The number of rotatable bonds is 14. The van der Waals surface area contributed by atoms with E-state index in [1.54, 1.807) is 27.7 Å². The van der Waals surface area contributed by atoms with Crippen LogP contribution in [0.5, 0.6) is 0 Å². The normalized spacial score (nSPS) is 16.9. The van der Waals surface area contributed by atoms with Crippen molar-refractivity contribution in [2.75, 3.05) is 98.6 Å². The number of nitrogens with one attached hydrogen (secondary N) is 4. The fourth-order valence-corrected chi connectivity index (χ4v) is 16.8. The topological polar surface area (TPSA) is 379 Å². The monoisotopic (exact) mass is 1640 g/mol. The molecule has 122 heavy (non-hydrogen) atoms. The van der Waals surface area contributed by atoms with Crippen molar-refractivity contribution in [1.29, 1.82) is 0 Å². The van der Waals surface area contributed by atoms with Crippen LogP contribution in [-0.2, 0) is 46.7 Å². The fraction of sp³-hybridized carbons (Fsp3) is 0.337. The minimum Gasteiger partial charge on any atom is -0.478 e. The van der Waals surface area contributed by atoms with Gasteiger partial charge in [-0.05, 0) is 165 Å². The van der Waals surface area contributed by atoms with Gasteiger partial charge in [-0.15, -0.1) is 10.2 Å². The molecule has 0 radical (unpaired) electrons. The molecule has 20 rings (SSSR count).